The Morgan fingerprint density at radius 1 is 1.16 bits per heavy atom. The fourth-order valence-corrected chi connectivity index (χ4v) is 3.07. The second-order valence-electron chi connectivity index (χ2n) is 6.32. The number of rotatable bonds is 8. The first-order valence-corrected chi connectivity index (χ1v) is 8.66. The van der Waals surface area contributed by atoms with Crippen molar-refractivity contribution in [3.05, 3.63) is 67.0 Å². The summed E-state index contributed by atoms with van der Waals surface area (Å²) in [6.45, 7) is 7.13. The van der Waals surface area contributed by atoms with Gasteiger partial charge >= 0.3 is 5.69 Å². The Morgan fingerprint density at radius 3 is 2.44 bits per heavy atom. The molecule has 0 saturated carbocycles. The van der Waals surface area contributed by atoms with Crippen LogP contribution in [0.2, 0.25) is 0 Å². The van der Waals surface area contributed by atoms with Crippen molar-refractivity contribution in [2.75, 3.05) is 13.2 Å². The Morgan fingerprint density at radius 2 is 1.84 bits per heavy atom. The van der Waals surface area contributed by atoms with Crippen LogP contribution in [-0.2, 0) is 24.3 Å². The normalized spacial score (nSPS) is 11.0. The Bertz CT molecular complexity index is 817. The van der Waals surface area contributed by atoms with Crippen molar-refractivity contribution < 1.29 is 4.74 Å². The molecule has 0 radical (unpaired) electrons. The summed E-state index contributed by atoms with van der Waals surface area (Å²) < 4.78 is 7.09. The number of aromatic nitrogens is 2. The highest BCUT2D eigenvalue weighted by atomic mass is 16.5. The van der Waals surface area contributed by atoms with E-state index in [1.54, 1.807) is 0 Å². The first-order chi connectivity index (χ1) is 12.0. The van der Waals surface area contributed by atoms with Crippen molar-refractivity contribution in [3.63, 3.8) is 0 Å². The fraction of sp³-hybridized carbons (Fsp3) is 0.474. The third-order valence-corrected chi connectivity index (χ3v) is 4.13. The molecule has 0 unspecified atom stereocenters. The van der Waals surface area contributed by atoms with Crippen LogP contribution < -0.4 is 17.0 Å². The van der Waals surface area contributed by atoms with Crippen LogP contribution in [0.25, 0.3) is 0 Å². The molecule has 3 N–H and O–H groups in total. The van der Waals surface area contributed by atoms with Crippen molar-refractivity contribution >= 4 is 0 Å². The van der Waals surface area contributed by atoms with E-state index in [-0.39, 0.29) is 12.3 Å². The molecular weight excluding hydrogens is 318 g/mol. The number of nitrogens with one attached hydrogen (secondary N) is 1. The molecule has 0 aliphatic carbocycles. The summed E-state index contributed by atoms with van der Waals surface area (Å²) in [6, 6.07) is 6.26. The molecule has 0 aliphatic rings. The first kappa shape index (κ1) is 19.1. The predicted molar refractivity (Wildman–Crippen MR) is 99.0 cm³/mol. The van der Waals surface area contributed by atoms with Gasteiger partial charge in [0.2, 0.25) is 0 Å². The van der Waals surface area contributed by atoms with E-state index in [2.05, 4.69) is 23.2 Å². The third kappa shape index (κ3) is 4.90. The largest absolute Gasteiger partial charge is 0.361 e. The lowest BCUT2D eigenvalue weighted by Crippen LogP contribution is -2.36. The van der Waals surface area contributed by atoms with E-state index < -0.39 is 5.69 Å². The minimum atomic E-state index is -0.436. The molecule has 0 aliphatic heterocycles. The number of aryl methyl sites for hydroxylation is 2. The van der Waals surface area contributed by atoms with Crippen LogP contribution >= 0.6 is 0 Å². The van der Waals surface area contributed by atoms with E-state index >= 15 is 0 Å². The zero-order valence-electron chi connectivity index (χ0n) is 15.2. The summed E-state index contributed by atoms with van der Waals surface area (Å²) in [7, 11) is 0. The number of nitrogens with zero attached hydrogens (tertiary/aromatic N) is 1. The van der Waals surface area contributed by atoms with Gasteiger partial charge in [-0.1, -0.05) is 36.2 Å². The Kier molecular flexibility index (Phi) is 6.73. The molecule has 6 nitrogen and oxygen atoms in total. The van der Waals surface area contributed by atoms with Crippen LogP contribution in [0.4, 0.5) is 0 Å². The maximum Gasteiger partial charge on any atom is 0.330 e. The summed E-state index contributed by atoms with van der Waals surface area (Å²) in [5.74, 6) is 0. The van der Waals surface area contributed by atoms with E-state index in [9.17, 15) is 9.59 Å². The molecular formula is C19H27N3O3. The zero-order valence-corrected chi connectivity index (χ0v) is 15.2. The van der Waals surface area contributed by atoms with Gasteiger partial charge in [-0.2, -0.15) is 0 Å². The van der Waals surface area contributed by atoms with Gasteiger partial charge in [0.15, 0.2) is 0 Å². The lowest BCUT2D eigenvalue weighted by atomic mass is 10.0. The van der Waals surface area contributed by atoms with Crippen LogP contribution in [0.5, 0.6) is 0 Å². The van der Waals surface area contributed by atoms with Gasteiger partial charge in [-0.15, -0.1) is 0 Å². The molecule has 0 amide bonds. The standard InChI is InChI=1S/C19H27N3O3/c1-4-16-17(11-15-9-13(2)8-14(3)10-15)22(12-25-7-5-6-20)19(24)21-18(16)23/h8-10H,4-7,11-12,20H2,1-3H3,(H,21,23,24). The molecule has 1 heterocycles. The quantitative estimate of drug-likeness (QED) is 0.712. The number of hydrogen-bond donors (Lipinski definition) is 2. The highest BCUT2D eigenvalue weighted by Gasteiger charge is 2.14. The maximum absolute atomic E-state index is 12.3. The van der Waals surface area contributed by atoms with Crippen molar-refractivity contribution in [3.8, 4) is 0 Å². The first-order valence-electron chi connectivity index (χ1n) is 8.66. The zero-order chi connectivity index (χ0) is 18.4. The Labute approximate surface area is 147 Å². The molecule has 0 fully saturated rings. The minimum absolute atomic E-state index is 0.114. The maximum atomic E-state index is 12.3. The molecule has 1 aromatic heterocycles. The highest BCUT2D eigenvalue weighted by Crippen LogP contribution is 2.15. The average molecular weight is 345 g/mol. The minimum Gasteiger partial charge on any atom is -0.361 e. The average Bonchev–Trinajstić information content (AvgIpc) is 2.53. The van der Waals surface area contributed by atoms with Crippen molar-refractivity contribution in [1.29, 1.82) is 0 Å². The molecule has 2 aromatic rings. The second-order valence-corrected chi connectivity index (χ2v) is 6.32. The van der Waals surface area contributed by atoms with Gasteiger partial charge in [-0.3, -0.25) is 14.3 Å². The van der Waals surface area contributed by atoms with Crippen LogP contribution in [0, 0.1) is 13.8 Å². The van der Waals surface area contributed by atoms with Crippen LogP contribution in [0.3, 0.4) is 0 Å². The molecule has 0 spiro atoms. The van der Waals surface area contributed by atoms with Crippen molar-refractivity contribution in [1.82, 2.24) is 9.55 Å². The van der Waals surface area contributed by atoms with Gasteiger partial charge < -0.3 is 10.5 Å². The van der Waals surface area contributed by atoms with E-state index in [1.807, 2.05) is 20.8 Å². The number of benzene rings is 1. The molecule has 25 heavy (non-hydrogen) atoms. The lowest BCUT2D eigenvalue weighted by Gasteiger charge is -2.16. The van der Waals surface area contributed by atoms with E-state index in [4.69, 9.17) is 10.5 Å². The smallest absolute Gasteiger partial charge is 0.330 e. The van der Waals surface area contributed by atoms with E-state index in [0.29, 0.717) is 37.3 Å². The number of nitrogens with two attached hydrogens (primary N) is 1. The lowest BCUT2D eigenvalue weighted by molar-refractivity contribution is 0.0711. The predicted octanol–water partition coefficient (Wildman–Crippen LogP) is 1.63. The molecule has 0 saturated heterocycles. The second kappa shape index (κ2) is 8.78. The van der Waals surface area contributed by atoms with Gasteiger partial charge in [0.1, 0.15) is 6.73 Å². The van der Waals surface area contributed by atoms with E-state index in [0.717, 1.165) is 23.1 Å². The van der Waals surface area contributed by atoms with Gasteiger partial charge in [0.25, 0.3) is 5.56 Å². The summed E-state index contributed by atoms with van der Waals surface area (Å²) >= 11 is 0. The molecule has 1 aromatic carbocycles. The van der Waals surface area contributed by atoms with Gasteiger partial charge in [-0.25, -0.2) is 4.79 Å². The van der Waals surface area contributed by atoms with E-state index in [1.165, 1.54) is 4.57 Å². The van der Waals surface area contributed by atoms with Crippen LogP contribution in [-0.4, -0.2) is 22.7 Å². The summed E-state index contributed by atoms with van der Waals surface area (Å²) in [5, 5.41) is 0. The van der Waals surface area contributed by atoms with Gasteiger partial charge in [-0.05, 0) is 38.8 Å². The summed E-state index contributed by atoms with van der Waals surface area (Å²) in [5.41, 5.74) is 9.45. The monoisotopic (exact) mass is 345 g/mol. The third-order valence-electron chi connectivity index (χ3n) is 4.13. The van der Waals surface area contributed by atoms with Crippen molar-refractivity contribution in [2.24, 2.45) is 5.73 Å². The Hall–Kier alpha value is -2.18. The fourth-order valence-electron chi connectivity index (χ4n) is 3.07. The summed E-state index contributed by atoms with van der Waals surface area (Å²) in [6.07, 6.45) is 1.80. The molecule has 6 heteroatoms. The molecule has 2 rings (SSSR count). The number of aromatic amines is 1. The topological polar surface area (TPSA) is 90.1 Å². The highest BCUT2D eigenvalue weighted by molar-refractivity contribution is 5.33. The van der Waals surface area contributed by atoms with Crippen LogP contribution in [0.1, 0.15) is 41.3 Å². The Balaban J connectivity index is 2.44. The van der Waals surface area contributed by atoms with Gasteiger partial charge in [0.05, 0.1) is 6.61 Å². The molecule has 0 atom stereocenters. The number of hydrogen-bond acceptors (Lipinski definition) is 4. The number of ether oxygens (including phenoxy) is 1. The van der Waals surface area contributed by atoms with Crippen molar-refractivity contribution in [2.45, 2.75) is 46.8 Å². The van der Waals surface area contributed by atoms with Gasteiger partial charge in [0, 0.05) is 17.7 Å². The van der Waals surface area contributed by atoms with Crippen LogP contribution in [0.15, 0.2) is 27.8 Å². The SMILES string of the molecule is CCc1c(Cc2cc(C)cc(C)c2)n(COCCCN)c(=O)[nH]c1=O. The molecule has 136 valence electrons. The summed E-state index contributed by atoms with van der Waals surface area (Å²) in [4.78, 5) is 26.9. The molecule has 0 bridgehead atoms. The number of H-pyrrole nitrogens is 1.